The van der Waals surface area contributed by atoms with Gasteiger partial charge in [0.1, 0.15) is 12.0 Å². The van der Waals surface area contributed by atoms with Gasteiger partial charge in [-0.15, -0.1) is 0 Å². The Bertz CT molecular complexity index is 429. The van der Waals surface area contributed by atoms with Gasteiger partial charge in [-0.3, -0.25) is 9.59 Å². The molecule has 110 valence electrons. The van der Waals surface area contributed by atoms with Gasteiger partial charge in [-0.1, -0.05) is 26.0 Å². The van der Waals surface area contributed by atoms with E-state index >= 15 is 0 Å². The molecule has 2 rings (SSSR count). The summed E-state index contributed by atoms with van der Waals surface area (Å²) >= 11 is 0. The van der Waals surface area contributed by atoms with Crippen molar-refractivity contribution in [3.8, 4) is 5.75 Å². The average Bonchev–Trinajstić information content (AvgIpc) is 2.55. The summed E-state index contributed by atoms with van der Waals surface area (Å²) in [6.45, 7) is 7.11. The fourth-order valence-electron chi connectivity index (χ4n) is 1.83. The van der Waals surface area contributed by atoms with Crippen LogP contribution in [0.2, 0.25) is 0 Å². The van der Waals surface area contributed by atoms with E-state index < -0.39 is 0 Å². The first-order valence-corrected chi connectivity index (χ1v) is 6.96. The average molecular weight is 278 g/mol. The van der Waals surface area contributed by atoms with Crippen LogP contribution < -0.4 is 10.1 Å². The van der Waals surface area contributed by atoms with E-state index in [1.807, 2.05) is 13.8 Å². The molecule has 1 saturated heterocycles. The monoisotopic (exact) mass is 278 g/mol. The van der Waals surface area contributed by atoms with E-state index in [0.717, 1.165) is 32.5 Å². The van der Waals surface area contributed by atoms with Gasteiger partial charge in [0.05, 0.1) is 0 Å². The van der Waals surface area contributed by atoms with E-state index in [-0.39, 0.29) is 12.5 Å². The SMILES string of the molecule is CC.O=Cc1cccc(OCC(=O)N2CCNCC2)c1. The Morgan fingerprint density at radius 3 is 2.70 bits per heavy atom. The minimum absolute atomic E-state index is 0.0162. The number of ether oxygens (including phenoxy) is 1. The molecule has 0 saturated carbocycles. The summed E-state index contributed by atoms with van der Waals surface area (Å²) in [7, 11) is 0. The highest BCUT2D eigenvalue weighted by molar-refractivity contribution is 5.78. The first kappa shape index (κ1) is 16.2. The molecule has 1 N–H and O–H groups in total. The van der Waals surface area contributed by atoms with E-state index in [2.05, 4.69) is 5.32 Å². The Balaban J connectivity index is 0.000000956. The maximum atomic E-state index is 11.8. The number of carbonyl (C=O) groups is 2. The van der Waals surface area contributed by atoms with Crippen LogP contribution in [0, 0.1) is 0 Å². The van der Waals surface area contributed by atoms with Gasteiger partial charge in [-0.2, -0.15) is 0 Å². The third kappa shape index (κ3) is 5.01. The van der Waals surface area contributed by atoms with Crippen LogP contribution in [0.5, 0.6) is 5.75 Å². The number of hydrogen-bond donors (Lipinski definition) is 1. The summed E-state index contributed by atoms with van der Waals surface area (Å²) in [5, 5.41) is 3.18. The molecule has 0 bridgehead atoms. The summed E-state index contributed by atoms with van der Waals surface area (Å²) in [5.74, 6) is 0.524. The van der Waals surface area contributed by atoms with E-state index in [1.54, 1.807) is 29.2 Å². The van der Waals surface area contributed by atoms with Gasteiger partial charge < -0.3 is 15.0 Å². The van der Waals surface area contributed by atoms with Crippen LogP contribution in [0.1, 0.15) is 24.2 Å². The number of benzene rings is 1. The lowest BCUT2D eigenvalue weighted by molar-refractivity contribution is -0.133. The molecule has 0 unspecified atom stereocenters. The van der Waals surface area contributed by atoms with Crippen molar-refractivity contribution in [1.82, 2.24) is 10.2 Å². The number of hydrogen-bond acceptors (Lipinski definition) is 4. The maximum absolute atomic E-state index is 11.8. The number of amides is 1. The molecule has 1 heterocycles. The standard InChI is InChI=1S/C13H16N2O3.C2H6/c16-9-11-2-1-3-12(8-11)18-10-13(17)15-6-4-14-5-7-15;1-2/h1-3,8-9,14H,4-7,10H2;1-2H3. The van der Waals surface area contributed by atoms with Gasteiger partial charge >= 0.3 is 0 Å². The Labute approximate surface area is 119 Å². The zero-order valence-electron chi connectivity index (χ0n) is 12.1. The van der Waals surface area contributed by atoms with E-state index in [0.29, 0.717) is 11.3 Å². The molecule has 1 aliphatic heterocycles. The van der Waals surface area contributed by atoms with Crippen LogP contribution in [0.3, 0.4) is 0 Å². The molecule has 1 aliphatic rings. The van der Waals surface area contributed by atoms with Crippen molar-refractivity contribution < 1.29 is 14.3 Å². The van der Waals surface area contributed by atoms with Gasteiger partial charge in [-0.05, 0) is 12.1 Å². The fourth-order valence-corrected chi connectivity index (χ4v) is 1.83. The number of piperazine rings is 1. The molecule has 0 radical (unpaired) electrons. The van der Waals surface area contributed by atoms with Crippen LogP contribution >= 0.6 is 0 Å². The van der Waals surface area contributed by atoms with E-state index in [1.165, 1.54) is 0 Å². The summed E-state index contributed by atoms with van der Waals surface area (Å²) in [5.41, 5.74) is 0.544. The van der Waals surface area contributed by atoms with E-state index in [9.17, 15) is 9.59 Å². The van der Waals surface area contributed by atoms with Gasteiger partial charge in [0.25, 0.3) is 5.91 Å². The van der Waals surface area contributed by atoms with Crippen molar-refractivity contribution in [2.45, 2.75) is 13.8 Å². The highest BCUT2D eigenvalue weighted by Gasteiger charge is 2.16. The van der Waals surface area contributed by atoms with Gasteiger partial charge in [0.15, 0.2) is 6.61 Å². The Morgan fingerprint density at radius 1 is 1.35 bits per heavy atom. The zero-order chi connectivity index (χ0) is 14.8. The number of rotatable bonds is 4. The summed E-state index contributed by atoms with van der Waals surface area (Å²) in [4.78, 5) is 24.2. The summed E-state index contributed by atoms with van der Waals surface area (Å²) < 4.78 is 5.39. The molecule has 1 aromatic rings. The van der Waals surface area contributed by atoms with Crippen molar-refractivity contribution in [1.29, 1.82) is 0 Å². The van der Waals surface area contributed by atoms with Crippen molar-refractivity contribution in [2.75, 3.05) is 32.8 Å². The first-order chi connectivity index (χ1) is 9.79. The maximum Gasteiger partial charge on any atom is 0.260 e. The van der Waals surface area contributed by atoms with Crippen LogP contribution in [-0.2, 0) is 4.79 Å². The largest absolute Gasteiger partial charge is 0.484 e. The van der Waals surface area contributed by atoms with Crippen molar-refractivity contribution in [2.24, 2.45) is 0 Å². The molecular formula is C15H22N2O3. The van der Waals surface area contributed by atoms with Gasteiger partial charge in [0, 0.05) is 31.7 Å². The lowest BCUT2D eigenvalue weighted by atomic mass is 10.2. The lowest BCUT2D eigenvalue weighted by Gasteiger charge is -2.27. The Morgan fingerprint density at radius 2 is 2.05 bits per heavy atom. The Kier molecular flexibility index (Phi) is 7.35. The topological polar surface area (TPSA) is 58.6 Å². The van der Waals surface area contributed by atoms with Gasteiger partial charge in [-0.25, -0.2) is 0 Å². The quantitative estimate of drug-likeness (QED) is 0.844. The number of nitrogens with zero attached hydrogens (tertiary/aromatic N) is 1. The zero-order valence-corrected chi connectivity index (χ0v) is 12.1. The van der Waals surface area contributed by atoms with Gasteiger partial charge in [0.2, 0.25) is 0 Å². The van der Waals surface area contributed by atoms with Crippen molar-refractivity contribution in [3.63, 3.8) is 0 Å². The summed E-state index contributed by atoms with van der Waals surface area (Å²) in [6.07, 6.45) is 0.755. The molecule has 5 nitrogen and oxygen atoms in total. The number of carbonyl (C=O) groups excluding carboxylic acids is 2. The fraction of sp³-hybridized carbons (Fsp3) is 0.467. The van der Waals surface area contributed by atoms with Crippen molar-refractivity contribution >= 4 is 12.2 Å². The second kappa shape index (κ2) is 9.09. The van der Waals surface area contributed by atoms with Crippen LogP contribution in [0.15, 0.2) is 24.3 Å². The second-order valence-corrected chi connectivity index (χ2v) is 4.11. The Hall–Kier alpha value is -1.88. The van der Waals surface area contributed by atoms with Crippen LogP contribution in [-0.4, -0.2) is 49.9 Å². The second-order valence-electron chi connectivity index (χ2n) is 4.11. The van der Waals surface area contributed by atoms with E-state index in [4.69, 9.17) is 4.74 Å². The lowest BCUT2D eigenvalue weighted by Crippen LogP contribution is -2.47. The molecule has 5 heteroatoms. The highest BCUT2D eigenvalue weighted by Crippen LogP contribution is 2.12. The molecule has 1 fully saturated rings. The van der Waals surface area contributed by atoms with Crippen LogP contribution in [0.4, 0.5) is 0 Å². The predicted octanol–water partition coefficient (Wildman–Crippen LogP) is 1.34. The third-order valence-corrected chi connectivity index (χ3v) is 2.83. The van der Waals surface area contributed by atoms with Crippen molar-refractivity contribution in [3.05, 3.63) is 29.8 Å². The third-order valence-electron chi connectivity index (χ3n) is 2.83. The predicted molar refractivity (Wildman–Crippen MR) is 78.1 cm³/mol. The molecule has 0 aliphatic carbocycles. The molecule has 0 atom stereocenters. The minimum atomic E-state index is -0.0204. The number of aldehydes is 1. The van der Waals surface area contributed by atoms with Crippen LogP contribution in [0.25, 0.3) is 0 Å². The first-order valence-electron chi connectivity index (χ1n) is 6.96. The molecule has 20 heavy (non-hydrogen) atoms. The molecular weight excluding hydrogens is 256 g/mol. The molecule has 1 aromatic carbocycles. The normalized spacial score (nSPS) is 14.0. The smallest absolute Gasteiger partial charge is 0.260 e. The molecule has 0 spiro atoms. The molecule has 0 aromatic heterocycles. The minimum Gasteiger partial charge on any atom is -0.484 e. The number of nitrogens with one attached hydrogen (secondary N) is 1. The summed E-state index contributed by atoms with van der Waals surface area (Å²) in [6, 6.07) is 6.78. The highest BCUT2D eigenvalue weighted by atomic mass is 16.5. The molecule has 1 amide bonds.